The fraction of sp³-hybridized carbons (Fsp3) is 0. The van der Waals surface area contributed by atoms with Crippen molar-refractivity contribution in [2.24, 2.45) is 0 Å². The van der Waals surface area contributed by atoms with Crippen molar-refractivity contribution in [3.63, 3.8) is 0 Å². The molecule has 4 nitrogen and oxygen atoms in total. The van der Waals surface area contributed by atoms with Gasteiger partial charge in [-0.25, -0.2) is 0 Å². The molecule has 0 fully saturated rings. The van der Waals surface area contributed by atoms with E-state index in [-0.39, 0.29) is 6.29 Å². The molecule has 1 N–H and O–H groups in total. The van der Waals surface area contributed by atoms with Crippen LogP contribution >= 0.6 is 0 Å². The van der Waals surface area contributed by atoms with Crippen LogP contribution < -0.4 is 5.32 Å². The minimum absolute atomic E-state index is 0.223. The fourth-order valence-corrected chi connectivity index (χ4v) is 0.607. The van der Waals surface area contributed by atoms with Crippen LogP contribution in [0.2, 0.25) is 0 Å². The van der Waals surface area contributed by atoms with Gasteiger partial charge in [0, 0.05) is 18.1 Å². The van der Waals surface area contributed by atoms with Gasteiger partial charge in [0.05, 0.1) is 0 Å². The lowest BCUT2D eigenvalue weighted by Crippen LogP contribution is -2.11. The number of anilines is 1. The lowest BCUT2D eigenvalue weighted by Gasteiger charge is -1.97. The van der Waals surface area contributed by atoms with Gasteiger partial charge in [0.2, 0.25) is 6.29 Å². The molecule has 0 aliphatic rings. The summed E-state index contributed by atoms with van der Waals surface area (Å²) in [4.78, 5) is 24.1. The quantitative estimate of drug-likeness (QED) is 0.484. The van der Waals surface area contributed by atoms with Crippen LogP contribution in [0.1, 0.15) is 0 Å². The van der Waals surface area contributed by atoms with E-state index < -0.39 is 5.91 Å². The maximum absolute atomic E-state index is 10.5. The molecule has 0 atom stereocenters. The van der Waals surface area contributed by atoms with Gasteiger partial charge in [0.1, 0.15) is 0 Å². The highest BCUT2D eigenvalue weighted by Gasteiger charge is 1.96. The number of carbonyl (C=O) groups excluding carboxylic acids is 2. The van der Waals surface area contributed by atoms with Crippen LogP contribution in [0.25, 0.3) is 0 Å². The first-order chi connectivity index (χ1) is 5.33. The van der Waals surface area contributed by atoms with Gasteiger partial charge in [-0.15, -0.1) is 0 Å². The zero-order valence-electron chi connectivity index (χ0n) is 5.65. The molecular weight excluding hydrogens is 144 g/mol. The summed E-state index contributed by atoms with van der Waals surface area (Å²) >= 11 is 0. The van der Waals surface area contributed by atoms with E-state index in [1.54, 1.807) is 12.1 Å². The Bertz CT molecular complexity index is 258. The Balaban J connectivity index is 2.65. The number of nitrogens with zero attached hydrogens (tertiary/aromatic N) is 1. The van der Waals surface area contributed by atoms with Gasteiger partial charge in [-0.2, -0.15) is 0 Å². The Morgan fingerprint density at radius 1 is 1.45 bits per heavy atom. The second-order valence-electron chi connectivity index (χ2n) is 1.84. The highest BCUT2D eigenvalue weighted by molar-refractivity contribution is 6.29. The summed E-state index contributed by atoms with van der Waals surface area (Å²) < 4.78 is 0. The largest absolute Gasteiger partial charge is 0.320 e. The van der Waals surface area contributed by atoms with E-state index in [2.05, 4.69) is 10.3 Å². The van der Waals surface area contributed by atoms with E-state index in [1.807, 2.05) is 0 Å². The lowest BCUT2D eigenvalue weighted by atomic mass is 10.4. The van der Waals surface area contributed by atoms with Gasteiger partial charge in [-0.1, -0.05) is 0 Å². The van der Waals surface area contributed by atoms with Gasteiger partial charge in [-0.3, -0.25) is 14.6 Å². The highest BCUT2D eigenvalue weighted by Crippen LogP contribution is 2.01. The molecule has 0 aliphatic carbocycles. The topological polar surface area (TPSA) is 59.1 Å². The molecule has 0 radical (unpaired) electrons. The minimum atomic E-state index is -0.656. The van der Waals surface area contributed by atoms with E-state index in [9.17, 15) is 9.59 Å². The molecule has 0 bridgehead atoms. The van der Waals surface area contributed by atoms with Crippen LogP contribution in [0.5, 0.6) is 0 Å². The van der Waals surface area contributed by atoms with Gasteiger partial charge in [-0.05, 0) is 12.1 Å². The van der Waals surface area contributed by atoms with E-state index in [1.165, 1.54) is 12.4 Å². The Kier molecular flexibility index (Phi) is 2.32. The SMILES string of the molecule is O=CC(=O)Nc1ccncc1. The molecule has 0 aliphatic heterocycles. The van der Waals surface area contributed by atoms with Gasteiger partial charge in [0.25, 0.3) is 5.91 Å². The molecule has 4 heteroatoms. The molecule has 1 amide bonds. The van der Waals surface area contributed by atoms with Crippen molar-refractivity contribution in [2.75, 3.05) is 5.32 Å². The lowest BCUT2D eigenvalue weighted by molar-refractivity contribution is -0.127. The van der Waals surface area contributed by atoms with Crippen molar-refractivity contribution >= 4 is 17.9 Å². The van der Waals surface area contributed by atoms with Crippen molar-refractivity contribution in [1.82, 2.24) is 4.98 Å². The van der Waals surface area contributed by atoms with Crippen molar-refractivity contribution in [2.45, 2.75) is 0 Å². The number of hydrogen-bond acceptors (Lipinski definition) is 3. The van der Waals surface area contributed by atoms with Crippen LogP contribution in [0.3, 0.4) is 0 Å². The standard InChI is InChI=1S/C7H6N2O2/c10-5-7(11)9-6-1-3-8-4-2-6/h1-5H,(H,8,9,11). The molecular formula is C7H6N2O2. The van der Waals surface area contributed by atoms with Gasteiger partial charge in [0.15, 0.2) is 0 Å². The first-order valence-corrected chi connectivity index (χ1v) is 2.99. The van der Waals surface area contributed by atoms with E-state index in [0.29, 0.717) is 5.69 Å². The Morgan fingerprint density at radius 3 is 2.64 bits per heavy atom. The first-order valence-electron chi connectivity index (χ1n) is 2.99. The van der Waals surface area contributed by atoms with Crippen molar-refractivity contribution in [3.05, 3.63) is 24.5 Å². The number of hydrogen-bond donors (Lipinski definition) is 1. The van der Waals surface area contributed by atoms with Crippen molar-refractivity contribution in [3.8, 4) is 0 Å². The summed E-state index contributed by atoms with van der Waals surface area (Å²) in [6.07, 6.45) is 3.28. The first kappa shape index (κ1) is 7.40. The molecule has 0 unspecified atom stereocenters. The smallest absolute Gasteiger partial charge is 0.288 e. The summed E-state index contributed by atoms with van der Waals surface area (Å²) in [5, 5.41) is 2.34. The predicted octanol–water partition coefficient (Wildman–Crippen LogP) is 0.219. The molecule has 1 aromatic rings. The normalized spacial score (nSPS) is 8.73. The molecule has 1 heterocycles. The van der Waals surface area contributed by atoms with Crippen molar-refractivity contribution in [1.29, 1.82) is 0 Å². The summed E-state index contributed by atoms with van der Waals surface area (Å²) in [5.41, 5.74) is 0.567. The monoisotopic (exact) mass is 150 g/mol. The zero-order chi connectivity index (χ0) is 8.10. The summed E-state index contributed by atoms with van der Waals surface area (Å²) in [6.45, 7) is 0. The number of amides is 1. The van der Waals surface area contributed by atoms with E-state index >= 15 is 0 Å². The second kappa shape index (κ2) is 3.46. The Hall–Kier alpha value is -1.71. The molecule has 11 heavy (non-hydrogen) atoms. The summed E-state index contributed by atoms with van der Waals surface area (Å²) in [7, 11) is 0. The van der Waals surface area contributed by atoms with Gasteiger partial charge >= 0.3 is 0 Å². The number of aromatic nitrogens is 1. The number of nitrogens with one attached hydrogen (secondary N) is 1. The zero-order valence-corrected chi connectivity index (χ0v) is 5.65. The number of aldehydes is 1. The maximum Gasteiger partial charge on any atom is 0.288 e. The number of pyridine rings is 1. The van der Waals surface area contributed by atoms with Crippen LogP contribution in [-0.2, 0) is 9.59 Å². The van der Waals surface area contributed by atoms with E-state index in [0.717, 1.165) is 0 Å². The molecule has 0 saturated heterocycles. The van der Waals surface area contributed by atoms with Gasteiger partial charge < -0.3 is 5.32 Å². The van der Waals surface area contributed by atoms with Crippen LogP contribution in [0, 0.1) is 0 Å². The van der Waals surface area contributed by atoms with Crippen LogP contribution in [-0.4, -0.2) is 17.2 Å². The van der Waals surface area contributed by atoms with Crippen LogP contribution in [0.15, 0.2) is 24.5 Å². The summed E-state index contributed by atoms with van der Waals surface area (Å²) in [6, 6.07) is 3.20. The summed E-state index contributed by atoms with van der Waals surface area (Å²) in [5.74, 6) is -0.656. The fourth-order valence-electron chi connectivity index (χ4n) is 0.607. The van der Waals surface area contributed by atoms with E-state index in [4.69, 9.17) is 0 Å². The Labute approximate surface area is 63.3 Å². The molecule has 0 aromatic carbocycles. The number of rotatable bonds is 2. The second-order valence-corrected chi connectivity index (χ2v) is 1.84. The average Bonchev–Trinajstić information content (AvgIpc) is 2.06. The molecule has 1 aromatic heterocycles. The van der Waals surface area contributed by atoms with Crippen molar-refractivity contribution < 1.29 is 9.59 Å². The third-order valence-electron chi connectivity index (χ3n) is 1.05. The molecule has 0 saturated carbocycles. The third kappa shape index (κ3) is 2.17. The highest BCUT2D eigenvalue weighted by atomic mass is 16.2. The molecule has 1 rings (SSSR count). The minimum Gasteiger partial charge on any atom is -0.320 e. The molecule has 0 spiro atoms. The van der Waals surface area contributed by atoms with Crippen LogP contribution in [0.4, 0.5) is 5.69 Å². The maximum atomic E-state index is 10.5. The Morgan fingerprint density at radius 2 is 2.09 bits per heavy atom. The number of carbonyl (C=O) groups is 2. The average molecular weight is 150 g/mol. The third-order valence-corrected chi connectivity index (χ3v) is 1.05. The predicted molar refractivity (Wildman–Crippen MR) is 38.9 cm³/mol. The molecule has 56 valence electrons.